The Kier molecular flexibility index (Phi) is 5.03. The summed E-state index contributed by atoms with van der Waals surface area (Å²) in [7, 11) is 0. The van der Waals surface area contributed by atoms with Crippen molar-refractivity contribution in [3.8, 4) is 23.0 Å². The zero-order chi connectivity index (χ0) is 19.7. The molecule has 0 aliphatic carbocycles. The molecular formula is C22H25NO5. The van der Waals surface area contributed by atoms with Gasteiger partial charge in [-0.15, -0.1) is 0 Å². The van der Waals surface area contributed by atoms with Gasteiger partial charge in [0.15, 0.2) is 11.5 Å². The Bertz CT molecular complexity index is 881. The number of rotatable bonds is 5. The lowest BCUT2D eigenvalue weighted by molar-refractivity contribution is -0.133. The first-order valence-electron chi connectivity index (χ1n) is 9.70. The number of ether oxygens (including phenoxy) is 4. The summed E-state index contributed by atoms with van der Waals surface area (Å²) in [5, 5.41) is 2.95. The smallest absolute Gasteiger partial charge is 0.265 e. The average Bonchev–Trinajstić information content (AvgIpc) is 3.04. The van der Waals surface area contributed by atoms with Crippen LogP contribution >= 0.6 is 0 Å². The number of hydrogen-bond donors (Lipinski definition) is 1. The van der Waals surface area contributed by atoms with E-state index in [0.717, 1.165) is 29.0 Å². The Labute approximate surface area is 164 Å². The molecule has 6 nitrogen and oxygen atoms in total. The van der Waals surface area contributed by atoms with Gasteiger partial charge in [0, 0.05) is 24.1 Å². The second-order valence-corrected chi connectivity index (χ2v) is 7.16. The summed E-state index contributed by atoms with van der Waals surface area (Å²) in [5.41, 5.74) is 2.02. The molecule has 0 aromatic heterocycles. The Morgan fingerprint density at radius 3 is 2.61 bits per heavy atom. The van der Waals surface area contributed by atoms with E-state index in [9.17, 15) is 4.79 Å². The van der Waals surface area contributed by atoms with E-state index in [1.165, 1.54) is 0 Å². The van der Waals surface area contributed by atoms with E-state index in [4.69, 9.17) is 18.9 Å². The number of carbonyl (C=O) groups excluding carboxylic acids is 1. The third-order valence-electron chi connectivity index (χ3n) is 4.93. The molecule has 0 saturated carbocycles. The van der Waals surface area contributed by atoms with Crippen LogP contribution in [0.1, 0.15) is 31.9 Å². The maximum atomic E-state index is 12.8. The van der Waals surface area contributed by atoms with Crippen molar-refractivity contribution in [3.05, 3.63) is 47.5 Å². The number of hydrogen-bond acceptors (Lipinski definition) is 5. The van der Waals surface area contributed by atoms with E-state index in [2.05, 4.69) is 5.32 Å². The number of amides is 1. The summed E-state index contributed by atoms with van der Waals surface area (Å²) in [4.78, 5) is 12.8. The highest BCUT2D eigenvalue weighted by Crippen LogP contribution is 2.36. The van der Waals surface area contributed by atoms with E-state index in [1.807, 2.05) is 51.1 Å². The van der Waals surface area contributed by atoms with Gasteiger partial charge in [-0.05, 0) is 45.0 Å². The predicted molar refractivity (Wildman–Crippen MR) is 104 cm³/mol. The van der Waals surface area contributed by atoms with Crippen LogP contribution < -0.4 is 24.3 Å². The molecule has 0 saturated heterocycles. The second-order valence-electron chi connectivity index (χ2n) is 7.16. The molecule has 0 bridgehead atoms. The predicted octanol–water partition coefficient (Wildman–Crippen LogP) is 3.25. The first-order chi connectivity index (χ1) is 13.5. The molecule has 2 heterocycles. The van der Waals surface area contributed by atoms with E-state index >= 15 is 0 Å². The van der Waals surface area contributed by atoms with Crippen LogP contribution in [0.3, 0.4) is 0 Å². The topological polar surface area (TPSA) is 66.0 Å². The molecule has 2 aliphatic rings. The number of carbonyl (C=O) groups is 1. The highest BCUT2D eigenvalue weighted by molar-refractivity contribution is 5.82. The van der Waals surface area contributed by atoms with E-state index < -0.39 is 6.10 Å². The number of para-hydroxylation sites is 2. The fourth-order valence-corrected chi connectivity index (χ4v) is 3.60. The van der Waals surface area contributed by atoms with Gasteiger partial charge < -0.3 is 24.3 Å². The van der Waals surface area contributed by atoms with Gasteiger partial charge in [-0.3, -0.25) is 4.79 Å². The van der Waals surface area contributed by atoms with Crippen LogP contribution in [0, 0.1) is 0 Å². The van der Waals surface area contributed by atoms with Crippen molar-refractivity contribution >= 4 is 5.91 Å². The Morgan fingerprint density at radius 1 is 1.11 bits per heavy atom. The van der Waals surface area contributed by atoms with E-state index in [-0.39, 0.29) is 18.1 Å². The monoisotopic (exact) mass is 383 g/mol. The zero-order valence-corrected chi connectivity index (χ0v) is 16.4. The van der Waals surface area contributed by atoms with Crippen molar-refractivity contribution in [2.45, 2.75) is 52.0 Å². The third kappa shape index (κ3) is 3.59. The van der Waals surface area contributed by atoms with Crippen LogP contribution in [0.2, 0.25) is 0 Å². The molecule has 28 heavy (non-hydrogen) atoms. The minimum atomic E-state index is -0.712. The first kappa shape index (κ1) is 18.5. The van der Waals surface area contributed by atoms with Crippen LogP contribution in [-0.2, 0) is 17.8 Å². The molecule has 1 amide bonds. The van der Waals surface area contributed by atoms with Gasteiger partial charge in [0.1, 0.15) is 23.7 Å². The van der Waals surface area contributed by atoms with E-state index in [0.29, 0.717) is 24.7 Å². The molecule has 2 aromatic carbocycles. The van der Waals surface area contributed by atoms with Crippen LogP contribution in [-0.4, -0.2) is 30.8 Å². The minimum absolute atomic E-state index is 0.156. The maximum Gasteiger partial charge on any atom is 0.265 e. The van der Waals surface area contributed by atoms with Gasteiger partial charge in [-0.1, -0.05) is 12.1 Å². The molecule has 3 atom stereocenters. The average molecular weight is 383 g/mol. The fraction of sp³-hybridized carbons (Fsp3) is 0.409. The Morgan fingerprint density at radius 2 is 1.86 bits per heavy atom. The highest BCUT2D eigenvalue weighted by atomic mass is 16.6. The summed E-state index contributed by atoms with van der Waals surface area (Å²) >= 11 is 0. The quantitative estimate of drug-likeness (QED) is 0.859. The Hall–Kier alpha value is -2.89. The lowest BCUT2D eigenvalue weighted by Crippen LogP contribution is -2.48. The fourth-order valence-electron chi connectivity index (χ4n) is 3.60. The molecule has 6 heteroatoms. The molecular weight excluding hydrogens is 358 g/mol. The maximum absolute atomic E-state index is 12.8. The molecule has 4 rings (SSSR count). The number of nitrogens with one attached hydrogen (secondary N) is 1. The summed E-state index contributed by atoms with van der Waals surface area (Å²) in [6.07, 6.45) is -0.0729. The largest absolute Gasteiger partial charge is 0.494 e. The zero-order valence-electron chi connectivity index (χ0n) is 16.4. The van der Waals surface area contributed by atoms with Gasteiger partial charge in [0.2, 0.25) is 6.10 Å². The summed E-state index contributed by atoms with van der Waals surface area (Å²) < 4.78 is 23.3. The summed E-state index contributed by atoms with van der Waals surface area (Å²) in [6.45, 7) is 6.70. The van der Waals surface area contributed by atoms with Crippen LogP contribution in [0.4, 0.5) is 0 Å². The van der Waals surface area contributed by atoms with Crippen molar-refractivity contribution in [3.63, 3.8) is 0 Å². The van der Waals surface area contributed by atoms with Crippen molar-refractivity contribution in [2.75, 3.05) is 6.61 Å². The molecule has 148 valence electrons. The van der Waals surface area contributed by atoms with Gasteiger partial charge in [0.05, 0.1) is 6.61 Å². The summed E-state index contributed by atoms with van der Waals surface area (Å²) in [6, 6.07) is 11.3. The first-order valence-corrected chi connectivity index (χ1v) is 9.70. The highest BCUT2D eigenvalue weighted by Gasteiger charge is 2.34. The molecule has 2 aliphatic heterocycles. The molecule has 3 unspecified atom stereocenters. The lowest BCUT2D eigenvalue weighted by atomic mass is 10.1. The summed E-state index contributed by atoms with van der Waals surface area (Å²) in [5.74, 6) is 2.65. The number of fused-ring (bicyclic) bond motifs is 2. The normalized spacial score (nSPS) is 22.2. The third-order valence-corrected chi connectivity index (χ3v) is 4.93. The van der Waals surface area contributed by atoms with Crippen LogP contribution in [0.25, 0.3) is 0 Å². The Balaban J connectivity index is 1.47. The van der Waals surface area contributed by atoms with Crippen LogP contribution in [0.5, 0.6) is 23.0 Å². The second kappa shape index (κ2) is 7.62. The van der Waals surface area contributed by atoms with Crippen LogP contribution in [0.15, 0.2) is 36.4 Å². The molecule has 0 fully saturated rings. The van der Waals surface area contributed by atoms with Gasteiger partial charge in [-0.2, -0.15) is 0 Å². The van der Waals surface area contributed by atoms with Crippen molar-refractivity contribution < 1.29 is 23.7 Å². The van der Waals surface area contributed by atoms with Gasteiger partial charge in [0.25, 0.3) is 5.91 Å². The van der Waals surface area contributed by atoms with Crippen molar-refractivity contribution in [1.82, 2.24) is 5.32 Å². The molecule has 0 radical (unpaired) electrons. The van der Waals surface area contributed by atoms with Gasteiger partial charge >= 0.3 is 0 Å². The standard InChI is InChI=1S/C22H25NO5/c1-4-25-19-10-15-9-13(2)26-20(15)11-16(19)12-23-22(24)21-14(3)27-17-7-5-6-8-18(17)28-21/h5-8,10-11,13-14,21H,4,9,12H2,1-3H3,(H,23,24). The van der Waals surface area contributed by atoms with Crippen molar-refractivity contribution in [2.24, 2.45) is 0 Å². The lowest BCUT2D eigenvalue weighted by Gasteiger charge is -2.31. The minimum Gasteiger partial charge on any atom is -0.494 e. The van der Waals surface area contributed by atoms with E-state index in [1.54, 1.807) is 6.07 Å². The SMILES string of the molecule is CCOc1cc2c(cc1CNC(=O)C1Oc3ccccc3OC1C)OC(C)C2. The number of benzene rings is 2. The van der Waals surface area contributed by atoms with Crippen molar-refractivity contribution in [1.29, 1.82) is 0 Å². The molecule has 0 spiro atoms. The molecule has 2 aromatic rings. The molecule has 1 N–H and O–H groups in total. The van der Waals surface area contributed by atoms with Gasteiger partial charge in [-0.25, -0.2) is 0 Å².